The first kappa shape index (κ1) is 14.0. The van der Waals surface area contributed by atoms with Gasteiger partial charge in [-0.3, -0.25) is 0 Å². The van der Waals surface area contributed by atoms with Gasteiger partial charge in [0.1, 0.15) is 0 Å². The summed E-state index contributed by atoms with van der Waals surface area (Å²) in [6.07, 6.45) is 0. The average Bonchev–Trinajstić information content (AvgIpc) is 2.83. The van der Waals surface area contributed by atoms with Crippen LogP contribution in [0.3, 0.4) is 0 Å². The van der Waals surface area contributed by atoms with Gasteiger partial charge in [0.15, 0.2) is 16.6 Å². The fraction of sp³-hybridized carbons (Fsp3) is 0.0909. The van der Waals surface area contributed by atoms with E-state index in [1.165, 1.54) is 30.6 Å². The minimum Gasteiger partial charge on any atom is -0.464 e. The Kier molecular flexibility index (Phi) is 4.24. The van der Waals surface area contributed by atoms with Crippen molar-refractivity contribution in [1.82, 2.24) is 4.98 Å². The van der Waals surface area contributed by atoms with Crippen LogP contribution in [0.25, 0.3) is 0 Å². The Morgan fingerprint density at radius 3 is 2.63 bits per heavy atom. The fourth-order valence-electron chi connectivity index (χ4n) is 1.28. The molecule has 0 aliphatic carbocycles. The molecule has 0 bridgehead atoms. The molecule has 0 amide bonds. The normalized spacial score (nSPS) is 10.3. The molecule has 0 radical (unpaired) electrons. The Labute approximate surface area is 122 Å². The maximum atomic E-state index is 13.2. The maximum Gasteiger partial charge on any atom is 0.357 e. The first-order valence-corrected chi connectivity index (χ1v) is 6.60. The fourth-order valence-corrected chi connectivity index (χ4v) is 2.47. The number of esters is 1. The predicted molar refractivity (Wildman–Crippen MR) is 73.2 cm³/mol. The molecule has 8 heteroatoms. The highest BCUT2D eigenvalue weighted by atomic mass is 35.5. The third-order valence-corrected chi connectivity index (χ3v) is 3.44. The molecule has 2 rings (SSSR count). The molecule has 1 heterocycles. The van der Waals surface area contributed by atoms with Gasteiger partial charge >= 0.3 is 5.97 Å². The molecule has 0 spiro atoms. The lowest BCUT2D eigenvalue weighted by molar-refractivity contribution is 0.0595. The van der Waals surface area contributed by atoms with Crippen molar-refractivity contribution in [2.24, 2.45) is 0 Å². The van der Waals surface area contributed by atoms with Crippen LogP contribution in [0.2, 0.25) is 10.0 Å². The van der Waals surface area contributed by atoms with Crippen molar-refractivity contribution >= 4 is 51.3 Å². The van der Waals surface area contributed by atoms with Crippen molar-refractivity contribution in [3.05, 3.63) is 39.1 Å². The Bertz CT molecular complexity index is 610. The van der Waals surface area contributed by atoms with Gasteiger partial charge in [-0.2, -0.15) is 0 Å². The standard InChI is InChI=1S/C11H7Cl2FN2O2S/c1-18-10(17)8-4-19-11(16-8)15-5-2-6(12)9(14)7(13)3-5/h2-4H,1H3,(H,15,16). The second-order valence-electron chi connectivity index (χ2n) is 3.41. The maximum absolute atomic E-state index is 13.2. The van der Waals surface area contributed by atoms with Crippen molar-refractivity contribution in [2.45, 2.75) is 0 Å². The number of ether oxygens (including phenoxy) is 1. The Hall–Kier alpha value is -1.37. The van der Waals surface area contributed by atoms with E-state index in [2.05, 4.69) is 15.0 Å². The number of hydrogen-bond donors (Lipinski definition) is 1. The minimum absolute atomic E-state index is 0.0975. The molecule has 0 aliphatic rings. The summed E-state index contributed by atoms with van der Waals surface area (Å²) in [5, 5.41) is 4.67. The number of rotatable bonds is 3. The van der Waals surface area contributed by atoms with Gasteiger partial charge in [-0.05, 0) is 12.1 Å². The highest BCUT2D eigenvalue weighted by Crippen LogP contribution is 2.30. The number of hydrogen-bond acceptors (Lipinski definition) is 5. The lowest BCUT2D eigenvalue weighted by Gasteiger charge is -2.05. The summed E-state index contributed by atoms with van der Waals surface area (Å²) in [6.45, 7) is 0. The summed E-state index contributed by atoms with van der Waals surface area (Å²) < 4.78 is 17.8. The van der Waals surface area contributed by atoms with E-state index < -0.39 is 11.8 Å². The van der Waals surface area contributed by atoms with E-state index in [0.717, 1.165) is 0 Å². The van der Waals surface area contributed by atoms with Crippen molar-refractivity contribution < 1.29 is 13.9 Å². The zero-order valence-corrected chi connectivity index (χ0v) is 11.9. The van der Waals surface area contributed by atoms with Gasteiger partial charge in [-0.1, -0.05) is 23.2 Å². The molecule has 0 unspecified atom stereocenters. The highest BCUT2D eigenvalue weighted by molar-refractivity contribution is 7.14. The van der Waals surface area contributed by atoms with E-state index >= 15 is 0 Å². The lowest BCUT2D eigenvalue weighted by Crippen LogP contribution is -2.01. The third-order valence-electron chi connectivity index (χ3n) is 2.13. The average molecular weight is 321 g/mol. The van der Waals surface area contributed by atoms with Gasteiger partial charge in [0.2, 0.25) is 0 Å². The van der Waals surface area contributed by atoms with Crippen LogP contribution in [0.5, 0.6) is 0 Å². The first-order chi connectivity index (χ1) is 9.01. The summed E-state index contributed by atoms with van der Waals surface area (Å²) >= 11 is 12.5. The zero-order valence-electron chi connectivity index (χ0n) is 9.54. The molecule has 0 saturated carbocycles. The largest absolute Gasteiger partial charge is 0.464 e. The summed E-state index contributed by atoms with van der Waals surface area (Å²) in [4.78, 5) is 15.2. The number of carbonyl (C=O) groups is 1. The molecule has 0 saturated heterocycles. The van der Waals surface area contributed by atoms with Crippen LogP contribution in [0.4, 0.5) is 15.2 Å². The second kappa shape index (κ2) is 5.73. The molecule has 2 aromatic rings. The first-order valence-electron chi connectivity index (χ1n) is 4.96. The number of thiazole rings is 1. The Morgan fingerprint density at radius 1 is 1.42 bits per heavy atom. The van der Waals surface area contributed by atoms with Crippen LogP contribution in [-0.4, -0.2) is 18.1 Å². The van der Waals surface area contributed by atoms with Crippen LogP contribution in [-0.2, 0) is 4.74 Å². The molecule has 1 aromatic carbocycles. The molecule has 0 atom stereocenters. The monoisotopic (exact) mass is 320 g/mol. The van der Waals surface area contributed by atoms with E-state index in [0.29, 0.717) is 10.8 Å². The molecular formula is C11H7Cl2FN2O2S. The SMILES string of the molecule is COC(=O)c1csc(Nc2cc(Cl)c(F)c(Cl)c2)n1. The van der Waals surface area contributed by atoms with Gasteiger partial charge in [0.25, 0.3) is 0 Å². The van der Waals surface area contributed by atoms with Crippen molar-refractivity contribution in [1.29, 1.82) is 0 Å². The molecule has 0 aliphatic heterocycles. The number of carbonyl (C=O) groups excluding carboxylic acids is 1. The predicted octanol–water partition coefficient (Wildman–Crippen LogP) is 4.12. The van der Waals surface area contributed by atoms with Gasteiger partial charge < -0.3 is 10.1 Å². The molecule has 100 valence electrons. The van der Waals surface area contributed by atoms with Gasteiger partial charge in [0.05, 0.1) is 17.2 Å². The third kappa shape index (κ3) is 3.15. The molecule has 0 fully saturated rings. The topological polar surface area (TPSA) is 51.2 Å². The quantitative estimate of drug-likeness (QED) is 0.682. The van der Waals surface area contributed by atoms with Crippen LogP contribution >= 0.6 is 34.5 Å². The number of methoxy groups -OCH3 is 1. The van der Waals surface area contributed by atoms with Crippen molar-refractivity contribution in [2.75, 3.05) is 12.4 Å². The van der Waals surface area contributed by atoms with Gasteiger partial charge in [0, 0.05) is 11.1 Å². The molecular weight excluding hydrogens is 314 g/mol. The number of anilines is 2. The van der Waals surface area contributed by atoms with Crippen LogP contribution < -0.4 is 5.32 Å². The summed E-state index contributed by atoms with van der Waals surface area (Å²) in [7, 11) is 1.27. The van der Waals surface area contributed by atoms with E-state index in [1.807, 2.05) is 0 Å². The molecule has 4 nitrogen and oxygen atoms in total. The number of halogens is 3. The number of aromatic nitrogens is 1. The smallest absolute Gasteiger partial charge is 0.357 e. The van der Waals surface area contributed by atoms with Gasteiger partial charge in [-0.25, -0.2) is 14.2 Å². The molecule has 19 heavy (non-hydrogen) atoms. The van der Waals surface area contributed by atoms with Crippen LogP contribution in [0.1, 0.15) is 10.5 Å². The van der Waals surface area contributed by atoms with Crippen molar-refractivity contribution in [3.8, 4) is 0 Å². The van der Waals surface area contributed by atoms with Gasteiger partial charge in [-0.15, -0.1) is 11.3 Å². The second-order valence-corrected chi connectivity index (χ2v) is 5.08. The number of nitrogens with one attached hydrogen (secondary N) is 1. The van der Waals surface area contributed by atoms with E-state index in [4.69, 9.17) is 23.2 Å². The number of benzene rings is 1. The lowest BCUT2D eigenvalue weighted by atomic mass is 10.3. The highest BCUT2D eigenvalue weighted by Gasteiger charge is 2.12. The minimum atomic E-state index is -0.678. The zero-order chi connectivity index (χ0) is 14.0. The molecule has 1 N–H and O–H groups in total. The van der Waals surface area contributed by atoms with Crippen LogP contribution in [0, 0.1) is 5.82 Å². The van der Waals surface area contributed by atoms with Crippen LogP contribution in [0.15, 0.2) is 17.5 Å². The number of nitrogens with zero attached hydrogens (tertiary/aromatic N) is 1. The summed E-state index contributed by atoms with van der Waals surface area (Å²) in [5.41, 5.74) is 0.663. The van der Waals surface area contributed by atoms with E-state index in [1.54, 1.807) is 5.38 Å². The Morgan fingerprint density at radius 2 is 2.05 bits per heavy atom. The van der Waals surface area contributed by atoms with Crippen molar-refractivity contribution in [3.63, 3.8) is 0 Å². The summed E-state index contributed by atoms with van der Waals surface area (Å²) in [5.74, 6) is -1.21. The van der Waals surface area contributed by atoms with E-state index in [9.17, 15) is 9.18 Å². The van der Waals surface area contributed by atoms with E-state index in [-0.39, 0.29) is 15.7 Å². The molecule has 1 aromatic heterocycles. The Balaban J connectivity index is 2.22. The summed E-state index contributed by atoms with van der Waals surface area (Å²) in [6, 6.07) is 2.75.